The van der Waals surface area contributed by atoms with Crippen molar-refractivity contribution in [3.05, 3.63) is 29.8 Å². The number of hydrogen-bond donors (Lipinski definition) is 3. The van der Waals surface area contributed by atoms with Crippen LogP contribution in [0.25, 0.3) is 0 Å². The lowest BCUT2D eigenvalue weighted by Gasteiger charge is -2.13. The molecule has 0 aliphatic carbocycles. The van der Waals surface area contributed by atoms with Gasteiger partial charge in [0, 0.05) is 18.7 Å². The van der Waals surface area contributed by atoms with E-state index in [-0.39, 0.29) is 12.5 Å². The van der Waals surface area contributed by atoms with Gasteiger partial charge in [-0.3, -0.25) is 9.59 Å². The normalized spacial score (nSPS) is 11.8. The first kappa shape index (κ1) is 16.2. The van der Waals surface area contributed by atoms with Gasteiger partial charge in [0.2, 0.25) is 11.8 Å². The van der Waals surface area contributed by atoms with Crippen molar-refractivity contribution in [2.75, 3.05) is 11.9 Å². The number of carbonyl (C=O) groups excluding carboxylic acids is 2. The van der Waals surface area contributed by atoms with Gasteiger partial charge in [-0.2, -0.15) is 0 Å². The molecule has 1 atom stereocenters. The fourth-order valence-electron chi connectivity index (χ4n) is 1.71. The fraction of sp³-hybridized carbons (Fsp3) is 0.467. The third-order valence-electron chi connectivity index (χ3n) is 3.14. The van der Waals surface area contributed by atoms with Gasteiger partial charge in [0.25, 0.3) is 0 Å². The van der Waals surface area contributed by atoms with Gasteiger partial charge in [-0.25, -0.2) is 0 Å². The van der Waals surface area contributed by atoms with Gasteiger partial charge in [0.15, 0.2) is 0 Å². The molecule has 0 heterocycles. The summed E-state index contributed by atoms with van der Waals surface area (Å²) < 4.78 is 0. The Kier molecular flexibility index (Phi) is 6.73. The molecule has 0 bridgehead atoms. The summed E-state index contributed by atoms with van der Waals surface area (Å²) in [4.78, 5) is 22.9. The number of nitrogens with one attached hydrogen (secondary N) is 2. The molecule has 2 amide bonds. The predicted octanol–water partition coefficient (Wildman–Crippen LogP) is 1.67. The number of amides is 2. The van der Waals surface area contributed by atoms with Gasteiger partial charge in [-0.1, -0.05) is 38.5 Å². The molecule has 110 valence electrons. The Morgan fingerprint density at radius 2 is 1.95 bits per heavy atom. The standard InChI is InChI=1S/C15H22N2O3/c1-3-11(2)8-14(19)17-13-7-5-4-6-12(13)9-16-15(20)10-18/h4-7,11,18H,3,8-10H2,1-2H3,(H,16,20)(H,17,19)/t11-/m0/s1. The van der Waals surface area contributed by atoms with Crippen LogP contribution in [0.5, 0.6) is 0 Å². The highest BCUT2D eigenvalue weighted by Crippen LogP contribution is 2.16. The molecule has 20 heavy (non-hydrogen) atoms. The average Bonchev–Trinajstić information content (AvgIpc) is 2.45. The highest BCUT2D eigenvalue weighted by molar-refractivity contribution is 5.91. The second kappa shape index (κ2) is 8.32. The molecule has 0 saturated carbocycles. The summed E-state index contributed by atoms with van der Waals surface area (Å²) in [6.45, 7) is 3.82. The number of rotatable bonds is 7. The lowest BCUT2D eigenvalue weighted by atomic mass is 10.0. The predicted molar refractivity (Wildman–Crippen MR) is 78.1 cm³/mol. The van der Waals surface area contributed by atoms with E-state index < -0.39 is 12.5 Å². The molecule has 1 aromatic rings. The van der Waals surface area contributed by atoms with E-state index in [4.69, 9.17) is 5.11 Å². The Labute approximate surface area is 119 Å². The summed E-state index contributed by atoms with van der Waals surface area (Å²) in [6, 6.07) is 7.30. The highest BCUT2D eigenvalue weighted by Gasteiger charge is 2.10. The average molecular weight is 278 g/mol. The molecular weight excluding hydrogens is 256 g/mol. The minimum atomic E-state index is -0.539. The SMILES string of the molecule is CC[C@H](C)CC(=O)Nc1ccccc1CNC(=O)CO. The van der Waals surface area contributed by atoms with E-state index in [9.17, 15) is 9.59 Å². The van der Waals surface area contributed by atoms with Crippen LogP contribution in [0.3, 0.4) is 0 Å². The summed E-state index contributed by atoms with van der Waals surface area (Å²) in [6.07, 6.45) is 1.44. The van der Waals surface area contributed by atoms with Gasteiger partial charge < -0.3 is 15.7 Å². The fourth-order valence-corrected chi connectivity index (χ4v) is 1.71. The molecule has 0 spiro atoms. The van der Waals surface area contributed by atoms with E-state index in [2.05, 4.69) is 17.6 Å². The zero-order chi connectivity index (χ0) is 15.0. The van der Waals surface area contributed by atoms with Crippen LogP contribution in [0.1, 0.15) is 32.3 Å². The Balaban J connectivity index is 2.65. The van der Waals surface area contributed by atoms with Crippen molar-refractivity contribution >= 4 is 17.5 Å². The molecule has 3 N–H and O–H groups in total. The lowest BCUT2D eigenvalue weighted by molar-refractivity contribution is -0.124. The smallest absolute Gasteiger partial charge is 0.245 e. The topological polar surface area (TPSA) is 78.4 Å². The van der Waals surface area contributed by atoms with Crippen LogP contribution in [0.4, 0.5) is 5.69 Å². The quantitative estimate of drug-likeness (QED) is 0.710. The molecule has 0 radical (unpaired) electrons. The van der Waals surface area contributed by atoms with Gasteiger partial charge >= 0.3 is 0 Å². The second-order valence-electron chi connectivity index (χ2n) is 4.86. The lowest BCUT2D eigenvalue weighted by Crippen LogP contribution is -2.26. The first-order valence-corrected chi connectivity index (χ1v) is 6.82. The van der Waals surface area contributed by atoms with Crippen molar-refractivity contribution in [1.82, 2.24) is 5.32 Å². The summed E-state index contributed by atoms with van der Waals surface area (Å²) in [5.41, 5.74) is 1.51. The first-order chi connectivity index (χ1) is 9.56. The van der Waals surface area contributed by atoms with E-state index in [1.165, 1.54) is 0 Å². The molecule has 0 unspecified atom stereocenters. The molecule has 0 fully saturated rings. The van der Waals surface area contributed by atoms with Crippen LogP contribution in [0, 0.1) is 5.92 Å². The summed E-state index contributed by atoms with van der Waals surface area (Å²) in [5, 5.41) is 14.1. The second-order valence-corrected chi connectivity index (χ2v) is 4.86. The number of anilines is 1. The van der Waals surface area contributed by atoms with E-state index >= 15 is 0 Å². The molecule has 0 aromatic heterocycles. The third-order valence-corrected chi connectivity index (χ3v) is 3.14. The van der Waals surface area contributed by atoms with Crippen LogP contribution in [-0.4, -0.2) is 23.5 Å². The van der Waals surface area contributed by atoms with Crippen molar-refractivity contribution in [3.8, 4) is 0 Å². The zero-order valence-electron chi connectivity index (χ0n) is 12.0. The third kappa shape index (κ3) is 5.40. The molecular formula is C15H22N2O3. The van der Waals surface area contributed by atoms with E-state index in [0.29, 0.717) is 18.0 Å². The Morgan fingerprint density at radius 1 is 1.25 bits per heavy atom. The van der Waals surface area contributed by atoms with Crippen LogP contribution < -0.4 is 10.6 Å². The Bertz CT molecular complexity index is 460. The van der Waals surface area contributed by atoms with Crippen LogP contribution in [0.2, 0.25) is 0 Å². The van der Waals surface area contributed by atoms with Gasteiger partial charge in [-0.15, -0.1) is 0 Å². The first-order valence-electron chi connectivity index (χ1n) is 6.82. The Hall–Kier alpha value is -1.88. The molecule has 5 heteroatoms. The maximum Gasteiger partial charge on any atom is 0.245 e. The number of carbonyl (C=O) groups is 2. The number of hydrogen-bond acceptors (Lipinski definition) is 3. The maximum absolute atomic E-state index is 11.9. The van der Waals surface area contributed by atoms with Crippen LogP contribution in [-0.2, 0) is 16.1 Å². The molecule has 1 rings (SSSR count). The highest BCUT2D eigenvalue weighted by atomic mass is 16.3. The van der Waals surface area contributed by atoms with E-state index in [1.54, 1.807) is 6.07 Å². The largest absolute Gasteiger partial charge is 0.387 e. The van der Waals surface area contributed by atoms with Crippen molar-refractivity contribution in [2.24, 2.45) is 5.92 Å². The van der Waals surface area contributed by atoms with Gasteiger partial charge in [0.05, 0.1) is 0 Å². The number of aliphatic hydroxyl groups excluding tert-OH is 1. The number of benzene rings is 1. The minimum Gasteiger partial charge on any atom is -0.387 e. The van der Waals surface area contributed by atoms with Crippen LogP contribution >= 0.6 is 0 Å². The molecule has 1 aromatic carbocycles. The molecule has 0 aliphatic rings. The van der Waals surface area contributed by atoms with Crippen molar-refractivity contribution in [2.45, 2.75) is 33.2 Å². The summed E-state index contributed by atoms with van der Waals surface area (Å²) >= 11 is 0. The van der Waals surface area contributed by atoms with Crippen LogP contribution in [0.15, 0.2) is 24.3 Å². The van der Waals surface area contributed by atoms with Crippen molar-refractivity contribution in [1.29, 1.82) is 0 Å². The number of para-hydroxylation sites is 1. The molecule has 0 saturated heterocycles. The van der Waals surface area contributed by atoms with Gasteiger partial charge in [-0.05, 0) is 17.5 Å². The van der Waals surface area contributed by atoms with E-state index in [1.807, 2.05) is 25.1 Å². The maximum atomic E-state index is 11.9. The van der Waals surface area contributed by atoms with E-state index in [0.717, 1.165) is 12.0 Å². The summed E-state index contributed by atoms with van der Waals surface area (Å²) in [7, 11) is 0. The zero-order valence-corrected chi connectivity index (χ0v) is 12.0. The van der Waals surface area contributed by atoms with Crippen molar-refractivity contribution in [3.63, 3.8) is 0 Å². The van der Waals surface area contributed by atoms with Gasteiger partial charge in [0.1, 0.15) is 6.61 Å². The molecule has 0 aliphatic heterocycles. The summed E-state index contributed by atoms with van der Waals surface area (Å²) in [5.74, 6) is -0.123. The monoisotopic (exact) mass is 278 g/mol. The minimum absolute atomic E-state index is 0.0275. The Morgan fingerprint density at radius 3 is 2.60 bits per heavy atom. The van der Waals surface area contributed by atoms with Crippen molar-refractivity contribution < 1.29 is 14.7 Å². The molecule has 5 nitrogen and oxygen atoms in total. The number of aliphatic hydroxyl groups is 1.